The molecule has 0 saturated heterocycles. The van der Waals surface area contributed by atoms with Gasteiger partial charge in [-0.25, -0.2) is 0 Å². The van der Waals surface area contributed by atoms with Crippen LogP contribution in [0.2, 0.25) is 0 Å². The number of halogens is 1. The zero-order chi connectivity index (χ0) is 9.14. The van der Waals surface area contributed by atoms with E-state index >= 15 is 0 Å². The van der Waals surface area contributed by atoms with Gasteiger partial charge in [0.25, 0.3) is 0 Å². The summed E-state index contributed by atoms with van der Waals surface area (Å²) >= 11 is 3.46. The predicted octanol–water partition coefficient (Wildman–Crippen LogP) is 2.90. The Morgan fingerprint density at radius 2 is 2.08 bits per heavy atom. The molecule has 65 valence electrons. The Morgan fingerprint density at radius 3 is 2.58 bits per heavy atom. The Hall–Kier alpha value is -0.340. The molecule has 0 amide bonds. The molecule has 1 rings (SSSR count). The molecule has 0 fully saturated rings. The first-order chi connectivity index (χ1) is 5.66. The molecule has 1 aromatic carbocycles. The highest BCUT2D eigenvalue weighted by atomic mass is 79.9. The summed E-state index contributed by atoms with van der Waals surface area (Å²) in [6.45, 7) is 4.20. The van der Waals surface area contributed by atoms with E-state index < -0.39 is 0 Å². The van der Waals surface area contributed by atoms with Crippen molar-refractivity contribution in [2.24, 2.45) is 0 Å². The lowest BCUT2D eigenvalue weighted by Crippen LogP contribution is -1.94. The van der Waals surface area contributed by atoms with Crippen LogP contribution in [0, 0.1) is 5.92 Å². The summed E-state index contributed by atoms with van der Waals surface area (Å²) in [7, 11) is 0. The van der Waals surface area contributed by atoms with Crippen LogP contribution in [0.3, 0.4) is 0 Å². The van der Waals surface area contributed by atoms with Crippen LogP contribution in [0.4, 0.5) is 0 Å². The van der Waals surface area contributed by atoms with Crippen LogP contribution in [0.25, 0.3) is 0 Å². The molecule has 0 bridgehead atoms. The first-order valence-corrected chi connectivity index (χ1v) is 4.65. The van der Waals surface area contributed by atoms with Gasteiger partial charge in [0.15, 0.2) is 0 Å². The molecule has 12 heavy (non-hydrogen) atoms. The average Bonchev–Trinajstić information content (AvgIpc) is 2.04. The quantitative estimate of drug-likeness (QED) is 0.825. The molecule has 0 aliphatic rings. The number of aliphatic hydroxyl groups excluding tert-OH is 1. The lowest BCUT2D eigenvalue weighted by atomic mass is 10.0. The Kier molecular flexibility index (Phi) is 3.29. The first kappa shape index (κ1) is 9.75. The highest BCUT2D eigenvalue weighted by molar-refractivity contribution is 9.10. The van der Waals surface area contributed by atoms with Gasteiger partial charge in [0.2, 0.25) is 0 Å². The fourth-order valence-corrected chi connectivity index (χ4v) is 1.87. The van der Waals surface area contributed by atoms with E-state index in [1.165, 1.54) is 11.5 Å². The number of aliphatic hydroxyl groups is 1. The Bertz CT molecular complexity index is 269. The number of hydrogen-bond donors (Lipinski definition) is 1. The third-order valence-electron chi connectivity index (χ3n) is 1.79. The molecule has 1 N–H and O–H groups in total. The van der Waals surface area contributed by atoms with Crippen LogP contribution in [0.15, 0.2) is 22.7 Å². The van der Waals surface area contributed by atoms with Crippen LogP contribution in [0.5, 0.6) is 0 Å². The van der Waals surface area contributed by atoms with E-state index in [9.17, 15) is 0 Å². The van der Waals surface area contributed by atoms with Crippen LogP contribution in [-0.2, 0) is 6.61 Å². The Balaban J connectivity index is 3.14. The molecular formula is C10H12BrO. The summed E-state index contributed by atoms with van der Waals surface area (Å²) in [5.41, 5.74) is 2.11. The third-order valence-corrected chi connectivity index (χ3v) is 2.72. The van der Waals surface area contributed by atoms with Crippen LogP contribution < -0.4 is 0 Å². The molecule has 1 aromatic rings. The van der Waals surface area contributed by atoms with Gasteiger partial charge in [-0.1, -0.05) is 48.0 Å². The molecule has 0 unspecified atom stereocenters. The van der Waals surface area contributed by atoms with Crippen LogP contribution in [0.1, 0.15) is 25.0 Å². The van der Waals surface area contributed by atoms with Crippen molar-refractivity contribution in [2.45, 2.75) is 20.5 Å². The van der Waals surface area contributed by atoms with Crippen molar-refractivity contribution in [2.75, 3.05) is 0 Å². The number of benzene rings is 1. The molecule has 0 saturated carbocycles. The zero-order valence-electron chi connectivity index (χ0n) is 7.26. The second-order valence-corrected chi connectivity index (χ2v) is 3.73. The lowest BCUT2D eigenvalue weighted by molar-refractivity contribution is 0.281. The Morgan fingerprint density at radius 1 is 1.42 bits per heavy atom. The molecule has 1 nitrogen and oxygen atoms in total. The molecule has 1 radical (unpaired) electrons. The van der Waals surface area contributed by atoms with Crippen molar-refractivity contribution in [1.29, 1.82) is 0 Å². The first-order valence-electron chi connectivity index (χ1n) is 3.85. The van der Waals surface area contributed by atoms with Crippen molar-refractivity contribution in [1.82, 2.24) is 0 Å². The predicted molar refractivity (Wildman–Crippen MR) is 53.8 cm³/mol. The largest absolute Gasteiger partial charge is 0.392 e. The molecule has 0 aliphatic carbocycles. The van der Waals surface area contributed by atoms with E-state index in [1.807, 2.05) is 18.2 Å². The van der Waals surface area contributed by atoms with E-state index in [2.05, 4.69) is 29.8 Å². The fraction of sp³-hybridized carbons (Fsp3) is 0.300. The molecule has 0 aromatic heterocycles. The summed E-state index contributed by atoms with van der Waals surface area (Å²) in [4.78, 5) is 0. The highest BCUT2D eigenvalue weighted by Gasteiger charge is 2.07. The number of hydrogen-bond acceptors (Lipinski definition) is 1. The maximum absolute atomic E-state index is 8.99. The van der Waals surface area contributed by atoms with Gasteiger partial charge in [-0.05, 0) is 17.0 Å². The highest BCUT2D eigenvalue weighted by Crippen LogP contribution is 2.27. The van der Waals surface area contributed by atoms with E-state index in [0.29, 0.717) is 0 Å². The summed E-state index contributed by atoms with van der Waals surface area (Å²) < 4.78 is 1.01. The minimum atomic E-state index is 0.0850. The number of rotatable bonds is 2. The average molecular weight is 228 g/mol. The SMILES string of the molecule is C[C](C)c1cccc(CO)c1Br. The maximum Gasteiger partial charge on any atom is 0.0692 e. The van der Waals surface area contributed by atoms with Crippen molar-refractivity contribution in [3.63, 3.8) is 0 Å². The van der Waals surface area contributed by atoms with Gasteiger partial charge < -0.3 is 5.11 Å². The standard InChI is InChI=1S/C10H12BrO/c1-7(2)9-5-3-4-8(6-12)10(9)11/h3-5,12H,6H2,1-2H3. The molecule has 0 aliphatic heterocycles. The van der Waals surface area contributed by atoms with Crippen molar-refractivity contribution < 1.29 is 5.11 Å². The van der Waals surface area contributed by atoms with Gasteiger partial charge >= 0.3 is 0 Å². The summed E-state index contributed by atoms with van der Waals surface area (Å²) in [6.07, 6.45) is 0. The molecule has 0 atom stereocenters. The topological polar surface area (TPSA) is 20.2 Å². The minimum absolute atomic E-state index is 0.0850. The summed E-state index contributed by atoms with van der Waals surface area (Å²) in [6, 6.07) is 5.91. The second-order valence-electron chi connectivity index (χ2n) is 2.94. The van der Waals surface area contributed by atoms with Crippen molar-refractivity contribution >= 4 is 15.9 Å². The van der Waals surface area contributed by atoms with Crippen molar-refractivity contribution in [3.05, 3.63) is 39.7 Å². The van der Waals surface area contributed by atoms with Gasteiger partial charge in [0, 0.05) is 4.47 Å². The van der Waals surface area contributed by atoms with E-state index in [1.54, 1.807) is 0 Å². The molecule has 2 heteroatoms. The monoisotopic (exact) mass is 227 g/mol. The van der Waals surface area contributed by atoms with Gasteiger partial charge in [0.1, 0.15) is 0 Å². The van der Waals surface area contributed by atoms with Gasteiger partial charge in [-0.15, -0.1) is 0 Å². The smallest absolute Gasteiger partial charge is 0.0692 e. The van der Waals surface area contributed by atoms with Gasteiger partial charge in [0.05, 0.1) is 6.61 Å². The van der Waals surface area contributed by atoms with Gasteiger partial charge in [-0.2, -0.15) is 0 Å². The maximum atomic E-state index is 8.99. The fourth-order valence-electron chi connectivity index (χ4n) is 1.09. The molecule has 0 spiro atoms. The third kappa shape index (κ3) is 1.87. The van der Waals surface area contributed by atoms with E-state index in [0.717, 1.165) is 10.0 Å². The van der Waals surface area contributed by atoms with Crippen LogP contribution >= 0.6 is 15.9 Å². The zero-order valence-corrected chi connectivity index (χ0v) is 8.85. The summed E-state index contributed by atoms with van der Waals surface area (Å²) in [5.74, 6) is 1.25. The minimum Gasteiger partial charge on any atom is -0.392 e. The van der Waals surface area contributed by atoms with E-state index in [4.69, 9.17) is 5.11 Å². The second kappa shape index (κ2) is 4.06. The Labute approximate surface area is 81.6 Å². The van der Waals surface area contributed by atoms with Crippen molar-refractivity contribution in [3.8, 4) is 0 Å². The van der Waals surface area contributed by atoms with Gasteiger partial charge in [-0.3, -0.25) is 0 Å². The summed E-state index contributed by atoms with van der Waals surface area (Å²) in [5, 5.41) is 8.99. The molecular weight excluding hydrogens is 216 g/mol. The molecule has 0 heterocycles. The van der Waals surface area contributed by atoms with Crippen LogP contribution in [-0.4, -0.2) is 5.11 Å². The normalized spacial score (nSPS) is 10.8. The lowest BCUT2D eigenvalue weighted by Gasteiger charge is -2.10. The van der Waals surface area contributed by atoms with E-state index in [-0.39, 0.29) is 6.61 Å².